The smallest absolute Gasteiger partial charge is 0.310 e. The Balaban J connectivity index is 1.26. The lowest BCUT2D eigenvalue weighted by Crippen LogP contribution is -2.35. The van der Waals surface area contributed by atoms with Gasteiger partial charge in [-0.3, -0.25) is 9.59 Å². The number of nitrogens with one attached hydrogen (secondary N) is 1. The highest BCUT2D eigenvalue weighted by molar-refractivity contribution is 5.97. The van der Waals surface area contributed by atoms with Gasteiger partial charge in [0.25, 0.3) is 0 Å². The zero-order valence-corrected chi connectivity index (χ0v) is 16.0. The van der Waals surface area contributed by atoms with Crippen molar-refractivity contribution >= 4 is 17.6 Å². The predicted octanol–water partition coefficient (Wildman–Crippen LogP) is 4.23. The van der Waals surface area contributed by atoms with Crippen LogP contribution >= 0.6 is 0 Å². The van der Waals surface area contributed by atoms with Gasteiger partial charge in [-0.1, -0.05) is 6.07 Å². The predicted molar refractivity (Wildman–Crippen MR) is 104 cm³/mol. The van der Waals surface area contributed by atoms with Gasteiger partial charge in [-0.2, -0.15) is 0 Å². The van der Waals surface area contributed by atoms with Crippen LogP contribution in [0.2, 0.25) is 0 Å². The van der Waals surface area contributed by atoms with E-state index >= 15 is 0 Å². The molecule has 2 aliphatic carbocycles. The fourth-order valence-electron chi connectivity index (χ4n) is 5.32. The number of hydrogen-bond acceptors (Lipinski definition) is 4. The lowest BCUT2D eigenvalue weighted by atomic mass is 9.79. The number of anilines is 1. The summed E-state index contributed by atoms with van der Waals surface area (Å²) in [5.74, 6) is 1.24. The fourth-order valence-corrected chi connectivity index (χ4v) is 5.32. The summed E-state index contributed by atoms with van der Waals surface area (Å²) in [6, 6.07) is 13.4. The van der Waals surface area contributed by atoms with Gasteiger partial charge in [0.2, 0.25) is 5.91 Å². The van der Waals surface area contributed by atoms with Crippen LogP contribution in [0.3, 0.4) is 0 Å². The molecule has 2 aromatic carbocycles. The van der Waals surface area contributed by atoms with Crippen molar-refractivity contribution in [1.82, 2.24) is 0 Å². The van der Waals surface area contributed by atoms with E-state index in [0.717, 1.165) is 29.7 Å². The topological polar surface area (TPSA) is 64.6 Å². The van der Waals surface area contributed by atoms with Crippen LogP contribution in [0.5, 0.6) is 11.5 Å². The molecule has 2 saturated carbocycles. The molecule has 1 aliphatic heterocycles. The Morgan fingerprint density at radius 2 is 1.75 bits per heavy atom. The van der Waals surface area contributed by atoms with Gasteiger partial charge in [0.1, 0.15) is 17.6 Å². The normalized spacial score (nSPS) is 29.6. The van der Waals surface area contributed by atoms with Gasteiger partial charge in [-0.25, -0.2) is 0 Å². The molecule has 144 valence electrons. The van der Waals surface area contributed by atoms with E-state index in [1.54, 1.807) is 0 Å². The average molecular weight is 377 g/mol. The first-order chi connectivity index (χ1) is 13.5. The molecule has 2 bridgehead atoms. The molecule has 3 fully saturated rings. The van der Waals surface area contributed by atoms with E-state index in [0.29, 0.717) is 11.4 Å². The summed E-state index contributed by atoms with van der Waals surface area (Å²) < 4.78 is 11.3. The number of carbonyl (C=O) groups is 2. The largest absolute Gasteiger partial charge is 0.462 e. The molecule has 0 radical (unpaired) electrons. The van der Waals surface area contributed by atoms with Crippen LogP contribution in [0.25, 0.3) is 0 Å². The molecule has 5 unspecified atom stereocenters. The van der Waals surface area contributed by atoms with Crippen LogP contribution in [0.4, 0.5) is 5.69 Å². The van der Waals surface area contributed by atoms with Crippen molar-refractivity contribution in [2.24, 2.45) is 23.7 Å². The third-order valence-corrected chi connectivity index (χ3v) is 6.34. The van der Waals surface area contributed by atoms with Gasteiger partial charge < -0.3 is 14.8 Å². The fraction of sp³-hybridized carbons (Fsp3) is 0.391. The molecule has 5 rings (SSSR count). The van der Waals surface area contributed by atoms with Gasteiger partial charge in [0.05, 0.1) is 11.8 Å². The Hall–Kier alpha value is -2.82. The van der Waals surface area contributed by atoms with Gasteiger partial charge in [0.15, 0.2) is 0 Å². The Bertz CT molecular complexity index is 929. The number of amides is 1. The average Bonchev–Trinajstić information content (AvgIpc) is 3.25. The SMILES string of the molecule is Cc1cc(C)cc(Oc2ccc(NC(=O)C3C4CC5OC(=O)C3C5C4)cc2)c1. The molecule has 1 saturated heterocycles. The number of rotatable bonds is 4. The van der Waals surface area contributed by atoms with E-state index in [9.17, 15) is 9.59 Å². The number of ether oxygens (including phenoxy) is 2. The number of benzene rings is 2. The Labute approximate surface area is 164 Å². The quantitative estimate of drug-likeness (QED) is 0.810. The molecule has 1 N–H and O–H groups in total. The first-order valence-corrected chi connectivity index (χ1v) is 9.85. The Morgan fingerprint density at radius 3 is 2.46 bits per heavy atom. The van der Waals surface area contributed by atoms with Crippen molar-refractivity contribution in [3.63, 3.8) is 0 Å². The highest BCUT2D eigenvalue weighted by Crippen LogP contribution is 2.57. The van der Waals surface area contributed by atoms with E-state index in [-0.39, 0.29) is 41.7 Å². The zero-order valence-electron chi connectivity index (χ0n) is 16.0. The maximum Gasteiger partial charge on any atom is 0.310 e. The van der Waals surface area contributed by atoms with Crippen molar-refractivity contribution in [2.45, 2.75) is 32.8 Å². The van der Waals surface area contributed by atoms with Crippen molar-refractivity contribution in [2.75, 3.05) is 5.32 Å². The summed E-state index contributed by atoms with van der Waals surface area (Å²) in [6.45, 7) is 4.08. The minimum atomic E-state index is -0.262. The second-order valence-electron chi connectivity index (χ2n) is 8.36. The molecule has 2 aromatic rings. The van der Waals surface area contributed by atoms with Crippen molar-refractivity contribution in [3.05, 3.63) is 53.6 Å². The molecular formula is C23H23NO4. The number of fused-ring (bicyclic) bond motifs is 1. The van der Waals surface area contributed by atoms with Crippen LogP contribution in [-0.4, -0.2) is 18.0 Å². The first kappa shape index (κ1) is 17.3. The molecule has 5 nitrogen and oxygen atoms in total. The van der Waals surface area contributed by atoms with Crippen LogP contribution in [-0.2, 0) is 14.3 Å². The molecule has 0 spiro atoms. The monoisotopic (exact) mass is 377 g/mol. The first-order valence-electron chi connectivity index (χ1n) is 9.85. The highest BCUT2D eigenvalue weighted by atomic mass is 16.6. The van der Waals surface area contributed by atoms with E-state index in [1.165, 1.54) is 0 Å². The number of hydrogen-bond donors (Lipinski definition) is 1. The van der Waals surface area contributed by atoms with Crippen molar-refractivity contribution in [3.8, 4) is 11.5 Å². The van der Waals surface area contributed by atoms with Gasteiger partial charge >= 0.3 is 5.97 Å². The third-order valence-electron chi connectivity index (χ3n) is 6.34. The molecule has 3 aliphatic rings. The molecule has 1 heterocycles. The number of esters is 1. The summed E-state index contributed by atoms with van der Waals surface area (Å²) in [4.78, 5) is 24.9. The van der Waals surface area contributed by atoms with Crippen LogP contribution in [0.15, 0.2) is 42.5 Å². The molecular weight excluding hydrogens is 354 g/mol. The maximum absolute atomic E-state index is 12.8. The molecule has 5 heteroatoms. The van der Waals surface area contributed by atoms with Crippen LogP contribution in [0, 0.1) is 37.5 Å². The third kappa shape index (κ3) is 2.86. The standard InChI is InChI=1S/C23H23NO4/c1-12-7-13(2)9-17(8-12)27-16-5-3-15(4-6-16)24-22(25)20-14-10-18-19(11-14)28-23(26)21(18)20/h3-9,14,18-21H,10-11H2,1-2H3,(H,24,25). The lowest BCUT2D eigenvalue weighted by Gasteiger charge is -2.23. The summed E-state index contributed by atoms with van der Waals surface area (Å²) in [5, 5.41) is 2.98. The maximum atomic E-state index is 12.8. The van der Waals surface area contributed by atoms with Crippen LogP contribution < -0.4 is 10.1 Å². The zero-order chi connectivity index (χ0) is 19.4. The summed E-state index contributed by atoms with van der Waals surface area (Å²) in [6.07, 6.45) is 1.81. The van der Waals surface area contributed by atoms with E-state index in [1.807, 2.05) is 50.2 Å². The van der Waals surface area contributed by atoms with Gasteiger partial charge in [0, 0.05) is 11.6 Å². The lowest BCUT2D eigenvalue weighted by molar-refractivity contribution is -0.145. The number of aryl methyl sites for hydroxylation is 2. The molecule has 28 heavy (non-hydrogen) atoms. The van der Waals surface area contributed by atoms with Crippen molar-refractivity contribution < 1.29 is 19.1 Å². The summed E-state index contributed by atoms with van der Waals surface area (Å²) in [7, 11) is 0. The Kier molecular flexibility index (Phi) is 3.93. The minimum absolute atomic E-state index is 0.0493. The molecule has 0 aromatic heterocycles. The highest BCUT2D eigenvalue weighted by Gasteiger charge is 2.63. The van der Waals surface area contributed by atoms with E-state index < -0.39 is 0 Å². The molecule has 5 atom stereocenters. The molecule has 1 amide bonds. The van der Waals surface area contributed by atoms with E-state index in [2.05, 4.69) is 11.4 Å². The minimum Gasteiger partial charge on any atom is -0.462 e. The Morgan fingerprint density at radius 1 is 1.04 bits per heavy atom. The van der Waals surface area contributed by atoms with Gasteiger partial charge in [-0.05, 0) is 80.1 Å². The second kappa shape index (κ2) is 6.36. The van der Waals surface area contributed by atoms with Crippen LogP contribution in [0.1, 0.15) is 24.0 Å². The number of carbonyl (C=O) groups excluding carboxylic acids is 2. The summed E-state index contributed by atoms with van der Waals surface area (Å²) >= 11 is 0. The van der Waals surface area contributed by atoms with Crippen molar-refractivity contribution in [1.29, 1.82) is 0 Å². The second-order valence-corrected chi connectivity index (χ2v) is 8.36. The van der Waals surface area contributed by atoms with E-state index in [4.69, 9.17) is 9.47 Å². The summed E-state index contributed by atoms with van der Waals surface area (Å²) in [5.41, 5.74) is 3.01. The van der Waals surface area contributed by atoms with Gasteiger partial charge in [-0.15, -0.1) is 0 Å².